The first-order valence-electron chi connectivity index (χ1n) is 7.82. The molecule has 2 aromatic heterocycles. The molecular formula is C19H13Cl2N3OS. The summed E-state index contributed by atoms with van der Waals surface area (Å²) in [4.78, 5) is 20.4. The smallest absolute Gasteiger partial charge is 0.258 e. The molecule has 0 aliphatic carbocycles. The maximum Gasteiger partial charge on any atom is 0.258 e. The highest BCUT2D eigenvalue weighted by atomic mass is 35.5. The second-order valence-electron chi connectivity index (χ2n) is 5.79. The molecule has 2 aromatic carbocycles. The Morgan fingerprint density at radius 3 is 2.81 bits per heavy atom. The van der Waals surface area contributed by atoms with E-state index in [4.69, 9.17) is 23.2 Å². The number of aryl methyl sites for hydroxylation is 1. The minimum atomic E-state index is -0.316. The molecule has 0 radical (unpaired) electrons. The number of nitrogens with zero attached hydrogens (tertiary/aromatic N) is 1. The highest BCUT2D eigenvalue weighted by molar-refractivity contribution is 7.14. The molecule has 0 aliphatic rings. The zero-order valence-corrected chi connectivity index (χ0v) is 16.0. The number of para-hydroxylation sites is 1. The minimum absolute atomic E-state index is 0.305. The van der Waals surface area contributed by atoms with Gasteiger partial charge in [-0.15, -0.1) is 11.3 Å². The van der Waals surface area contributed by atoms with E-state index in [0.717, 1.165) is 27.9 Å². The van der Waals surface area contributed by atoms with E-state index in [-0.39, 0.29) is 5.91 Å². The lowest BCUT2D eigenvalue weighted by Gasteiger charge is -2.04. The summed E-state index contributed by atoms with van der Waals surface area (Å²) in [5.74, 6) is -0.316. The number of carbonyl (C=O) groups excluding carboxylic acids is 1. The highest BCUT2D eigenvalue weighted by Crippen LogP contribution is 2.34. The summed E-state index contributed by atoms with van der Waals surface area (Å²) >= 11 is 13.3. The second-order valence-corrected chi connectivity index (χ2v) is 7.49. The Labute approximate surface area is 163 Å². The fourth-order valence-electron chi connectivity index (χ4n) is 2.89. The van der Waals surface area contributed by atoms with Crippen LogP contribution in [0.25, 0.3) is 22.2 Å². The van der Waals surface area contributed by atoms with Crippen LogP contribution in [-0.2, 0) is 0 Å². The normalized spacial score (nSPS) is 11.0. The lowest BCUT2D eigenvalue weighted by atomic mass is 10.1. The van der Waals surface area contributed by atoms with Crippen molar-refractivity contribution in [2.24, 2.45) is 0 Å². The molecule has 4 rings (SSSR count). The Balaban J connectivity index is 1.64. The van der Waals surface area contributed by atoms with Crippen LogP contribution in [-0.4, -0.2) is 15.9 Å². The van der Waals surface area contributed by atoms with E-state index in [1.165, 1.54) is 11.3 Å². The second kappa shape index (κ2) is 6.76. The van der Waals surface area contributed by atoms with Crippen molar-refractivity contribution in [1.82, 2.24) is 9.97 Å². The van der Waals surface area contributed by atoms with Crippen molar-refractivity contribution in [2.45, 2.75) is 6.92 Å². The van der Waals surface area contributed by atoms with Crippen LogP contribution in [0.3, 0.4) is 0 Å². The SMILES string of the molecule is Cc1[nH]c2ccccc2c1-c1csc(NC(=O)c2ccc(Cl)cc2Cl)n1. The number of thiazole rings is 1. The topological polar surface area (TPSA) is 57.8 Å². The molecule has 4 aromatic rings. The molecular weight excluding hydrogens is 389 g/mol. The Kier molecular flexibility index (Phi) is 4.44. The standard InChI is InChI=1S/C19H13Cl2N3OS/c1-10-17(13-4-2-3-5-15(13)22-10)16-9-26-19(23-16)24-18(25)12-7-6-11(20)8-14(12)21/h2-9,22H,1H3,(H,23,24,25). The molecule has 1 amide bonds. The van der Waals surface area contributed by atoms with E-state index in [9.17, 15) is 4.79 Å². The van der Waals surface area contributed by atoms with Gasteiger partial charge in [-0.1, -0.05) is 41.4 Å². The number of hydrogen-bond donors (Lipinski definition) is 2. The third kappa shape index (κ3) is 3.09. The van der Waals surface area contributed by atoms with E-state index < -0.39 is 0 Å². The fraction of sp³-hybridized carbons (Fsp3) is 0.0526. The predicted octanol–water partition coefficient (Wildman–Crippen LogP) is 6.16. The molecule has 0 atom stereocenters. The molecule has 130 valence electrons. The van der Waals surface area contributed by atoms with Crippen molar-refractivity contribution in [1.29, 1.82) is 0 Å². The lowest BCUT2D eigenvalue weighted by Crippen LogP contribution is -2.12. The number of hydrogen-bond acceptors (Lipinski definition) is 3. The number of carbonyl (C=O) groups is 1. The van der Waals surface area contributed by atoms with Crippen LogP contribution in [0.1, 0.15) is 16.1 Å². The Bertz CT molecular complexity index is 1130. The average Bonchev–Trinajstić information content (AvgIpc) is 3.17. The summed E-state index contributed by atoms with van der Waals surface area (Å²) in [6, 6.07) is 12.8. The van der Waals surface area contributed by atoms with Crippen molar-refractivity contribution in [3.8, 4) is 11.3 Å². The largest absolute Gasteiger partial charge is 0.358 e. The predicted molar refractivity (Wildman–Crippen MR) is 109 cm³/mol. The molecule has 0 saturated heterocycles. The maximum absolute atomic E-state index is 12.4. The molecule has 0 bridgehead atoms. The number of H-pyrrole nitrogens is 1. The molecule has 0 spiro atoms. The summed E-state index contributed by atoms with van der Waals surface area (Å²) in [6.45, 7) is 2.01. The number of benzene rings is 2. The van der Waals surface area contributed by atoms with Gasteiger partial charge in [0.25, 0.3) is 5.91 Å². The number of fused-ring (bicyclic) bond motifs is 1. The molecule has 0 saturated carbocycles. The van der Waals surface area contributed by atoms with Gasteiger partial charge < -0.3 is 4.98 Å². The quantitative estimate of drug-likeness (QED) is 0.431. The summed E-state index contributed by atoms with van der Waals surface area (Å²) in [7, 11) is 0. The average molecular weight is 402 g/mol. The number of halogens is 2. The first-order valence-corrected chi connectivity index (χ1v) is 9.46. The number of nitrogens with one attached hydrogen (secondary N) is 2. The van der Waals surface area contributed by atoms with Crippen molar-refractivity contribution in [2.75, 3.05) is 5.32 Å². The van der Waals surface area contributed by atoms with Crippen molar-refractivity contribution in [3.05, 3.63) is 69.1 Å². The number of aromatic amines is 1. The van der Waals surface area contributed by atoms with E-state index in [1.807, 2.05) is 30.5 Å². The van der Waals surface area contributed by atoms with Gasteiger partial charge in [0.2, 0.25) is 0 Å². The first-order chi connectivity index (χ1) is 12.5. The van der Waals surface area contributed by atoms with Crippen LogP contribution in [0.5, 0.6) is 0 Å². The third-order valence-corrected chi connectivity index (χ3v) is 5.36. The van der Waals surface area contributed by atoms with Gasteiger partial charge in [-0.25, -0.2) is 4.98 Å². The van der Waals surface area contributed by atoms with Crippen LogP contribution < -0.4 is 5.32 Å². The molecule has 26 heavy (non-hydrogen) atoms. The number of rotatable bonds is 3. The fourth-order valence-corrected chi connectivity index (χ4v) is 4.08. The maximum atomic E-state index is 12.4. The van der Waals surface area contributed by atoms with Gasteiger partial charge in [-0.2, -0.15) is 0 Å². The van der Waals surface area contributed by atoms with Crippen LogP contribution in [0, 0.1) is 6.92 Å². The van der Waals surface area contributed by atoms with Crippen LogP contribution in [0.15, 0.2) is 47.8 Å². The van der Waals surface area contributed by atoms with E-state index >= 15 is 0 Å². The minimum Gasteiger partial charge on any atom is -0.358 e. The summed E-state index contributed by atoms with van der Waals surface area (Å²) in [5, 5.41) is 7.14. The molecule has 7 heteroatoms. The van der Waals surface area contributed by atoms with Gasteiger partial charge in [0.05, 0.1) is 16.3 Å². The summed E-state index contributed by atoms with van der Waals surface area (Å²) in [5.41, 5.74) is 4.32. The molecule has 2 heterocycles. The van der Waals surface area contributed by atoms with E-state index in [2.05, 4.69) is 21.4 Å². The molecule has 4 nitrogen and oxygen atoms in total. The number of anilines is 1. The van der Waals surface area contributed by atoms with Crippen molar-refractivity contribution >= 4 is 56.5 Å². The van der Waals surface area contributed by atoms with Crippen molar-refractivity contribution in [3.63, 3.8) is 0 Å². The summed E-state index contributed by atoms with van der Waals surface area (Å²) < 4.78 is 0. The van der Waals surface area contributed by atoms with Crippen LogP contribution in [0.4, 0.5) is 5.13 Å². The Hall–Kier alpha value is -2.34. The Morgan fingerprint density at radius 1 is 1.19 bits per heavy atom. The van der Waals surface area contributed by atoms with Crippen LogP contribution in [0.2, 0.25) is 10.0 Å². The van der Waals surface area contributed by atoms with Gasteiger partial charge >= 0.3 is 0 Å². The molecule has 2 N–H and O–H groups in total. The van der Waals surface area contributed by atoms with Gasteiger partial charge in [0, 0.05) is 32.6 Å². The number of amides is 1. The zero-order valence-electron chi connectivity index (χ0n) is 13.6. The first kappa shape index (κ1) is 17.1. The van der Waals surface area contributed by atoms with Gasteiger partial charge in [-0.05, 0) is 31.2 Å². The van der Waals surface area contributed by atoms with E-state index in [1.54, 1.807) is 18.2 Å². The molecule has 0 fully saturated rings. The number of aromatic nitrogens is 2. The Morgan fingerprint density at radius 2 is 2.00 bits per heavy atom. The molecule has 0 aliphatic heterocycles. The van der Waals surface area contributed by atoms with Crippen LogP contribution >= 0.6 is 34.5 Å². The van der Waals surface area contributed by atoms with E-state index in [0.29, 0.717) is 20.7 Å². The monoisotopic (exact) mass is 401 g/mol. The van der Waals surface area contributed by atoms with Gasteiger partial charge in [-0.3, -0.25) is 10.1 Å². The third-order valence-electron chi connectivity index (χ3n) is 4.05. The highest BCUT2D eigenvalue weighted by Gasteiger charge is 2.16. The summed E-state index contributed by atoms with van der Waals surface area (Å²) in [6.07, 6.45) is 0. The molecule has 0 unspecified atom stereocenters. The zero-order chi connectivity index (χ0) is 18.3. The lowest BCUT2D eigenvalue weighted by molar-refractivity contribution is 0.102. The van der Waals surface area contributed by atoms with Crippen molar-refractivity contribution < 1.29 is 4.79 Å². The van der Waals surface area contributed by atoms with Gasteiger partial charge in [0.1, 0.15) is 0 Å². The van der Waals surface area contributed by atoms with Gasteiger partial charge in [0.15, 0.2) is 5.13 Å².